The molecule has 0 saturated heterocycles. The van der Waals surface area contributed by atoms with Crippen molar-refractivity contribution in [3.05, 3.63) is 0 Å². The van der Waals surface area contributed by atoms with Crippen LogP contribution in [0.15, 0.2) is 0 Å². The quantitative estimate of drug-likeness (QED) is 0.777. The second kappa shape index (κ2) is 8.30. The van der Waals surface area contributed by atoms with E-state index in [0.29, 0.717) is 0 Å². The van der Waals surface area contributed by atoms with Crippen molar-refractivity contribution in [3.63, 3.8) is 0 Å². The minimum atomic E-state index is -2.78. The van der Waals surface area contributed by atoms with Crippen LogP contribution in [0.1, 0.15) is 33.6 Å². The Morgan fingerprint density at radius 1 is 1.35 bits per heavy atom. The Balaban J connectivity index is 4.14. The van der Waals surface area contributed by atoms with Gasteiger partial charge in [0.2, 0.25) is 5.91 Å². The number of halogens is 2. The van der Waals surface area contributed by atoms with Gasteiger partial charge in [0.25, 0.3) is 6.43 Å². The number of alkyl carbamates (subject to hydrolysis) is 1. The van der Waals surface area contributed by atoms with Gasteiger partial charge in [0.05, 0.1) is 12.1 Å². The molecule has 0 aliphatic heterocycles. The molecule has 0 bridgehead atoms. The van der Waals surface area contributed by atoms with Gasteiger partial charge < -0.3 is 15.4 Å². The van der Waals surface area contributed by atoms with Crippen molar-refractivity contribution in [2.24, 2.45) is 0 Å². The fraction of sp³-hybridized carbons (Fsp3) is 0.750. The molecule has 0 aromatic heterocycles. The fourth-order valence-corrected chi connectivity index (χ4v) is 1.23. The fourth-order valence-electron chi connectivity index (χ4n) is 1.23. The number of alkyl halides is 2. The maximum atomic E-state index is 12.7. The van der Waals surface area contributed by atoms with Gasteiger partial charge in [-0.1, -0.05) is 0 Å². The zero-order chi connectivity index (χ0) is 15.8. The molecule has 0 spiro atoms. The summed E-state index contributed by atoms with van der Waals surface area (Å²) in [6, 6.07) is 0.154. The number of carbonyl (C=O) groups excluding carboxylic acids is 2. The van der Waals surface area contributed by atoms with Crippen LogP contribution in [0.25, 0.3) is 0 Å². The summed E-state index contributed by atoms with van der Waals surface area (Å²) < 4.78 is 30.2. The Kier molecular flexibility index (Phi) is 7.51. The van der Waals surface area contributed by atoms with Gasteiger partial charge in [0.1, 0.15) is 12.0 Å². The molecule has 0 unspecified atom stereocenters. The van der Waals surface area contributed by atoms with Crippen molar-refractivity contribution in [2.45, 2.75) is 51.7 Å². The zero-order valence-electron chi connectivity index (χ0n) is 11.7. The van der Waals surface area contributed by atoms with E-state index in [1.54, 1.807) is 26.8 Å². The maximum absolute atomic E-state index is 12.7. The molecular weight excluding hydrogens is 272 g/mol. The van der Waals surface area contributed by atoms with Crippen molar-refractivity contribution in [1.29, 1.82) is 5.26 Å². The van der Waals surface area contributed by atoms with E-state index in [0.717, 1.165) is 0 Å². The Morgan fingerprint density at radius 3 is 2.40 bits per heavy atom. The second-order valence-electron chi connectivity index (χ2n) is 5.06. The first-order valence-electron chi connectivity index (χ1n) is 6.07. The number of ether oxygens (including phenoxy) is 1. The predicted octanol–water partition coefficient (Wildman–Crippen LogP) is 1.56. The van der Waals surface area contributed by atoms with Gasteiger partial charge in [-0.2, -0.15) is 5.26 Å². The molecule has 1 atom stereocenters. The van der Waals surface area contributed by atoms with Crippen LogP contribution in [-0.4, -0.2) is 36.6 Å². The van der Waals surface area contributed by atoms with Crippen molar-refractivity contribution >= 4 is 12.0 Å². The molecule has 0 aliphatic rings. The first kappa shape index (κ1) is 18.1. The van der Waals surface area contributed by atoms with Gasteiger partial charge in [-0.25, -0.2) is 13.6 Å². The van der Waals surface area contributed by atoms with Crippen LogP contribution in [-0.2, 0) is 9.53 Å². The van der Waals surface area contributed by atoms with Gasteiger partial charge >= 0.3 is 6.09 Å². The average molecular weight is 291 g/mol. The summed E-state index contributed by atoms with van der Waals surface area (Å²) in [6.07, 6.45) is -4.14. The highest BCUT2D eigenvalue weighted by atomic mass is 19.3. The van der Waals surface area contributed by atoms with Gasteiger partial charge in [0, 0.05) is 6.54 Å². The number of carbonyl (C=O) groups is 2. The molecule has 0 rings (SSSR count). The molecule has 0 fully saturated rings. The van der Waals surface area contributed by atoms with Crippen molar-refractivity contribution in [2.75, 3.05) is 6.54 Å². The van der Waals surface area contributed by atoms with E-state index in [1.807, 2.05) is 5.32 Å². The van der Waals surface area contributed by atoms with Crippen LogP contribution >= 0.6 is 0 Å². The molecule has 20 heavy (non-hydrogen) atoms. The number of hydrogen-bond donors (Lipinski definition) is 2. The number of nitriles is 1. The van der Waals surface area contributed by atoms with Crippen LogP contribution < -0.4 is 10.6 Å². The van der Waals surface area contributed by atoms with E-state index < -0.39 is 36.5 Å². The number of nitrogens with zero attached hydrogens (tertiary/aromatic N) is 1. The lowest BCUT2D eigenvalue weighted by molar-refractivity contribution is -0.122. The van der Waals surface area contributed by atoms with Crippen molar-refractivity contribution in [3.8, 4) is 6.07 Å². The molecule has 0 saturated carbocycles. The van der Waals surface area contributed by atoms with Gasteiger partial charge in [-0.15, -0.1) is 0 Å². The summed E-state index contributed by atoms with van der Waals surface area (Å²) in [6.45, 7) is 4.96. The van der Waals surface area contributed by atoms with Crippen LogP contribution in [0, 0.1) is 11.3 Å². The molecule has 2 amide bonds. The van der Waals surface area contributed by atoms with Gasteiger partial charge in [0.15, 0.2) is 0 Å². The molecule has 0 aromatic carbocycles. The molecule has 6 nitrogen and oxygen atoms in total. The Labute approximate surface area is 116 Å². The summed E-state index contributed by atoms with van der Waals surface area (Å²) in [5.41, 5.74) is -0.673. The summed E-state index contributed by atoms with van der Waals surface area (Å²) in [4.78, 5) is 22.3. The summed E-state index contributed by atoms with van der Waals surface area (Å²) in [5.74, 6) is -0.768. The molecule has 2 N–H and O–H groups in total. The minimum absolute atomic E-state index is 0.0727. The highest BCUT2D eigenvalue weighted by Crippen LogP contribution is 2.07. The molecule has 0 radical (unpaired) electrons. The lowest BCUT2D eigenvalue weighted by Crippen LogP contribution is -2.42. The monoisotopic (exact) mass is 291 g/mol. The van der Waals surface area contributed by atoms with E-state index in [9.17, 15) is 18.4 Å². The van der Waals surface area contributed by atoms with E-state index >= 15 is 0 Å². The summed E-state index contributed by atoms with van der Waals surface area (Å²) in [5, 5.41) is 12.6. The van der Waals surface area contributed by atoms with E-state index in [1.165, 1.54) is 0 Å². The summed E-state index contributed by atoms with van der Waals surface area (Å²) >= 11 is 0. The SMILES string of the molecule is CC(C)(C)OC(=O)NCC[C@@H](NC(=O)CC#N)C(F)F. The Bertz CT molecular complexity index is 375. The number of nitrogens with one attached hydrogen (secondary N) is 2. The van der Waals surface area contributed by atoms with Gasteiger partial charge in [-0.3, -0.25) is 4.79 Å². The third-order valence-electron chi connectivity index (χ3n) is 2.01. The molecule has 0 aliphatic carbocycles. The minimum Gasteiger partial charge on any atom is -0.444 e. The van der Waals surface area contributed by atoms with E-state index in [-0.39, 0.29) is 13.0 Å². The smallest absolute Gasteiger partial charge is 0.407 e. The Morgan fingerprint density at radius 2 is 1.95 bits per heavy atom. The van der Waals surface area contributed by atoms with Crippen LogP contribution in [0.3, 0.4) is 0 Å². The average Bonchev–Trinajstić information content (AvgIpc) is 2.25. The van der Waals surface area contributed by atoms with Crippen LogP contribution in [0.4, 0.5) is 13.6 Å². The molecule has 0 heterocycles. The molecular formula is C12H19F2N3O3. The topological polar surface area (TPSA) is 91.2 Å². The lowest BCUT2D eigenvalue weighted by Gasteiger charge is -2.21. The third-order valence-corrected chi connectivity index (χ3v) is 2.01. The maximum Gasteiger partial charge on any atom is 0.407 e. The van der Waals surface area contributed by atoms with E-state index in [4.69, 9.17) is 10.00 Å². The lowest BCUT2D eigenvalue weighted by atomic mass is 10.2. The first-order chi connectivity index (χ1) is 9.15. The number of amides is 2. The predicted molar refractivity (Wildman–Crippen MR) is 67.0 cm³/mol. The highest BCUT2D eigenvalue weighted by Gasteiger charge is 2.23. The molecule has 114 valence electrons. The van der Waals surface area contributed by atoms with Crippen molar-refractivity contribution < 1.29 is 23.1 Å². The van der Waals surface area contributed by atoms with Crippen LogP contribution in [0.2, 0.25) is 0 Å². The Hall–Kier alpha value is -1.91. The summed E-state index contributed by atoms with van der Waals surface area (Å²) in [7, 11) is 0. The van der Waals surface area contributed by atoms with Crippen LogP contribution in [0.5, 0.6) is 0 Å². The third kappa shape index (κ3) is 9.08. The normalized spacial score (nSPS) is 12.4. The van der Waals surface area contributed by atoms with Crippen molar-refractivity contribution in [1.82, 2.24) is 10.6 Å². The van der Waals surface area contributed by atoms with E-state index in [2.05, 4.69) is 5.32 Å². The zero-order valence-corrected chi connectivity index (χ0v) is 11.7. The number of rotatable bonds is 6. The molecule has 8 heteroatoms. The molecule has 0 aromatic rings. The first-order valence-corrected chi connectivity index (χ1v) is 6.07. The van der Waals surface area contributed by atoms with Gasteiger partial charge in [-0.05, 0) is 27.2 Å². The standard InChI is InChI=1S/C12H19F2N3O3/c1-12(2,3)20-11(19)16-7-5-8(10(13)14)17-9(18)4-6-15/h8,10H,4-5,7H2,1-3H3,(H,16,19)(H,17,18)/t8-/m1/s1. The second-order valence-corrected chi connectivity index (χ2v) is 5.06. The number of hydrogen-bond acceptors (Lipinski definition) is 4. The largest absolute Gasteiger partial charge is 0.444 e. The highest BCUT2D eigenvalue weighted by molar-refractivity contribution is 5.78.